The molecule has 17 heteroatoms. The average Bonchev–Trinajstić information content (AvgIpc) is 3.31. The number of sulfonamides is 1. The molecular formula is C26H24F6N6O4S. The summed E-state index contributed by atoms with van der Waals surface area (Å²) in [5.74, 6) is 0. The number of imidazole rings is 1. The van der Waals surface area contributed by atoms with Gasteiger partial charge in [0.15, 0.2) is 11.2 Å². The van der Waals surface area contributed by atoms with Gasteiger partial charge in [-0.2, -0.15) is 26.3 Å². The second-order valence-corrected chi connectivity index (χ2v) is 11.2. The van der Waals surface area contributed by atoms with Crippen molar-refractivity contribution in [2.75, 3.05) is 6.54 Å². The smallest absolute Gasteiger partial charge is 0.328 e. The summed E-state index contributed by atoms with van der Waals surface area (Å²) < 4.78 is 108. The summed E-state index contributed by atoms with van der Waals surface area (Å²) in [6.07, 6.45) is -7.69. The maximum Gasteiger partial charge on any atom is 0.416 e. The van der Waals surface area contributed by atoms with Gasteiger partial charge in [-0.3, -0.25) is 13.9 Å². The van der Waals surface area contributed by atoms with Gasteiger partial charge in [-0.15, -0.1) is 0 Å². The molecule has 2 heterocycles. The molecular weight excluding hydrogens is 606 g/mol. The molecule has 0 amide bonds. The van der Waals surface area contributed by atoms with E-state index in [1.54, 1.807) is 0 Å². The zero-order valence-electron chi connectivity index (χ0n) is 22.5. The Kier molecular flexibility index (Phi) is 8.45. The van der Waals surface area contributed by atoms with Crippen LogP contribution in [0.1, 0.15) is 22.3 Å². The number of alkyl halides is 6. The third kappa shape index (κ3) is 6.89. The van der Waals surface area contributed by atoms with Gasteiger partial charge in [0, 0.05) is 33.7 Å². The van der Waals surface area contributed by atoms with E-state index in [0.29, 0.717) is 17.7 Å². The number of nitrogens with two attached hydrogens (primary N) is 1. The van der Waals surface area contributed by atoms with Crippen LogP contribution in [-0.2, 0) is 49.6 Å². The van der Waals surface area contributed by atoms with Gasteiger partial charge in [0.05, 0.1) is 22.3 Å². The van der Waals surface area contributed by atoms with E-state index in [2.05, 4.69) is 10.3 Å². The second kappa shape index (κ2) is 11.5. The molecule has 4 aromatic rings. The first-order valence-electron chi connectivity index (χ1n) is 12.3. The van der Waals surface area contributed by atoms with Gasteiger partial charge in [0.25, 0.3) is 5.56 Å². The van der Waals surface area contributed by atoms with E-state index >= 15 is 0 Å². The average molecular weight is 631 g/mol. The Hall–Kier alpha value is -4.22. The minimum absolute atomic E-state index is 0.00181. The molecule has 43 heavy (non-hydrogen) atoms. The van der Waals surface area contributed by atoms with Crippen molar-refractivity contribution in [1.29, 1.82) is 0 Å². The number of nitrogens with one attached hydrogen (secondary N) is 1. The molecule has 0 fully saturated rings. The number of primary sulfonamides is 1. The third-order valence-corrected chi connectivity index (χ3v) is 7.51. The maximum absolute atomic E-state index is 13.6. The highest BCUT2D eigenvalue weighted by Gasteiger charge is 2.37. The van der Waals surface area contributed by atoms with Crippen molar-refractivity contribution >= 4 is 26.8 Å². The third-order valence-electron chi connectivity index (χ3n) is 6.58. The predicted molar refractivity (Wildman–Crippen MR) is 144 cm³/mol. The normalized spacial score (nSPS) is 13.2. The molecule has 0 aliphatic carbocycles. The van der Waals surface area contributed by atoms with E-state index in [1.807, 2.05) is 0 Å². The highest BCUT2D eigenvalue weighted by molar-refractivity contribution is 7.89. The fraction of sp³-hybridized carbons (Fsp3) is 0.269. The number of aromatic nitrogens is 4. The van der Waals surface area contributed by atoms with Crippen molar-refractivity contribution in [3.8, 4) is 0 Å². The van der Waals surface area contributed by atoms with E-state index in [9.17, 15) is 44.3 Å². The van der Waals surface area contributed by atoms with Crippen LogP contribution in [0, 0.1) is 0 Å². The SMILES string of the molecule is Cn1cnc2c1c(=O)n(C/C=C(\CNCc1ccc(S(N)(=O)=O)cc1)c1cc(C(F)(F)F)cc(C(F)(F)F)c1)c(=O)n2C. The number of aryl methyl sites for hydroxylation is 2. The summed E-state index contributed by atoms with van der Waals surface area (Å²) in [5.41, 5.74) is -4.44. The van der Waals surface area contributed by atoms with Crippen LogP contribution in [0.4, 0.5) is 26.3 Å². The highest BCUT2D eigenvalue weighted by Crippen LogP contribution is 2.37. The Labute approximate surface area is 239 Å². The fourth-order valence-corrected chi connectivity index (χ4v) is 4.85. The van der Waals surface area contributed by atoms with Crippen molar-refractivity contribution < 1.29 is 34.8 Å². The van der Waals surface area contributed by atoms with Crippen molar-refractivity contribution in [3.05, 3.63) is 98.0 Å². The number of nitrogens with zero attached hydrogens (tertiary/aromatic N) is 4. The Balaban J connectivity index is 1.77. The minimum atomic E-state index is -5.10. The van der Waals surface area contributed by atoms with Gasteiger partial charge in [0.2, 0.25) is 10.0 Å². The lowest BCUT2D eigenvalue weighted by molar-refractivity contribution is -0.143. The Bertz CT molecular complexity index is 1910. The van der Waals surface area contributed by atoms with Crippen LogP contribution < -0.4 is 21.7 Å². The first kappa shape index (κ1) is 31.7. The molecule has 0 spiro atoms. The molecule has 3 N–H and O–H groups in total. The van der Waals surface area contributed by atoms with Gasteiger partial charge in [-0.25, -0.2) is 23.3 Å². The van der Waals surface area contributed by atoms with E-state index in [1.165, 1.54) is 55.3 Å². The fourth-order valence-electron chi connectivity index (χ4n) is 4.33. The van der Waals surface area contributed by atoms with Crippen molar-refractivity contribution in [3.63, 3.8) is 0 Å². The van der Waals surface area contributed by atoms with Crippen LogP contribution in [0.25, 0.3) is 16.7 Å². The van der Waals surface area contributed by atoms with Crippen molar-refractivity contribution in [2.45, 2.75) is 30.3 Å². The van der Waals surface area contributed by atoms with Crippen LogP contribution in [0.15, 0.2) is 69.4 Å². The largest absolute Gasteiger partial charge is 0.416 e. The monoisotopic (exact) mass is 630 g/mol. The topological polar surface area (TPSA) is 134 Å². The summed E-state index contributed by atoms with van der Waals surface area (Å²) in [5, 5.41) is 7.97. The molecule has 4 rings (SSSR count). The first-order valence-corrected chi connectivity index (χ1v) is 13.8. The minimum Gasteiger partial charge on any atom is -0.328 e. The first-order chi connectivity index (χ1) is 19.9. The number of benzene rings is 2. The maximum atomic E-state index is 13.6. The molecule has 10 nitrogen and oxygen atoms in total. The summed E-state index contributed by atoms with van der Waals surface area (Å²) in [7, 11) is -1.07. The van der Waals surface area contributed by atoms with E-state index in [-0.39, 0.29) is 40.8 Å². The molecule has 0 unspecified atom stereocenters. The van der Waals surface area contributed by atoms with Crippen LogP contribution in [0.2, 0.25) is 0 Å². The standard InChI is InChI=1S/C26H24F6N6O4S/c1-36-14-35-22-21(36)23(39)38(24(40)37(22)2)8-7-16(13-34-12-15-3-5-20(6-4-15)43(33,41)42)17-9-18(25(27,28)29)11-19(10-17)26(30,31)32/h3-7,9-11,14,34H,8,12-13H2,1-2H3,(H2,33,41,42)/b16-7+. The lowest BCUT2D eigenvalue weighted by Crippen LogP contribution is -2.39. The summed E-state index contributed by atoms with van der Waals surface area (Å²) in [6, 6.07) is 6.43. The second-order valence-electron chi connectivity index (χ2n) is 9.60. The van der Waals surface area contributed by atoms with Gasteiger partial charge < -0.3 is 9.88 Å². The number of fused-ring (bicyclic) bond motifs is 1. The summed E-state index contributed by atoms with van der Waals surface area (Å²) >= 11 is 0. The van der Waals surface area contributed by atoms with E-state index < -0.39 is 56.9 Å². The molecule has 0 aliphatic rings. The summed E-state index contributed by atoms with van der Waals surface area (Å²) in [4.78, 5) is 29.9. The van der Waals surface area contributed by atoms with Crippen LogP contribution >= 0.6 is 0 Å². The Morgan fingerprint density at radius 2 is 1.56 bits per heavy atom. The quantitative estimate of drug-likeness (QED) is 0.288. The van der Waals surface area contributed by atoms with Crippen LogP contribution in [-0.4, -0.2) is 33.6 Å². The number of hydrogen-bond acceptors (Lipinski definition) is 6. The van der Waals surface area contributed by atoms with Gasteiger partial charge in [-0.05, 0) is 47.0 Å². The lowest BCUT2D eigenvalue weighted by Gasteiger charge is -2.17. The van der Waals surface area contributed by atoms with Crippen LogP contribution in [0.3, 0.4) is 0 Å². The molecule has 0 atom stereocenters. The molecule has 0 bridgehead atoms. The van der Waals surface area contributed by atoms with Crippen LogP contribution in [0.5, 0.6) is 0 Å². The number of hydrogen-bond donors (Lipinski definition) is 2. The molecule has 0 radical (unpaired) electrons. The van der Waals surface area contributed by atoms with E-state index in [4.69, 9.17) is 5.14 Å². The molecule has 2 aromatic heterocycles. The molecule has 0 saturated heterocycles. The predicted octanol–water partition coefficient (Wildman–Crippen LogP) is 2.99. The van der Waals surface area contributed by atoms with E-state index in [0.717, 1.165) is 9.13 Å². The van der Waals surface area contributed by atoms with Crippen molar-refractivity contribution in [2.24, 2.45) is 19.2 Å². The Morgan fingerprint density at radius 1 is 0.977 bits per heavy atom. The Morgan fingerprint density at radius 3 is 2.09 bits per heavy atom. The number of rotatable bonds is 8. The molecule has 0 aliphatic heterocycles. The molecule has 0 saturated carbocycles. The number of allylic oxidation sites excluding steroid dienone is 1. The zero-order chi connectivity index (χ0) is 31.9. The molecule has 2 aromatic carbocycles. The van der Waals surface area contributed by atoms with Gasteiger partial charge in [0.1, 0.15) is 0 Å². The molecule has 230 valence electrons. The zero-order valence-corrected chi connectivity index (χ0v) is 23.3. The lowest BCUT2D eigenvalue weighted by atomic mass is 9.98. The van der Waals surface area contributed by atoms with Gasteiger partial charge in [-0.1, -0.05) is 18.2 Å². The number of halogens is 6. The van der Waals surface area contributed by atoms with Crippen molar-refractivity contribution in [1.82, 2.24) is 24.0 Å². The highest BCUT2D eigenvalue weighted by atomic mass is 32.2. The summed E-state index contributed by atoms with van der Waals surface area (Å²) in [6.45, 7) is -0.751. The van der Waals surface area contributed by atoms with Gasteiger partial charge >= 0.3 is 18.0 Å².